The van der Waals surface area contributed by atoms with Crippen molar-refractivity contribution in [3.63, 3.8) is 0 Å². The lowest BCUT2D eigenvalue weighted by molar-refractivity contribution is 0.0716. The number of nitrogens with zero attached hydrogens (tertiary/aromatic N) is 2. The molecule has 4 rings (SSSR count). The summed E-state index contributed by atoms with van der Waals surface area (Å²) in [5, 5.41) is 7.65. The predicted octanol–water partition coefficient (Wildman–Crippen LogP) is 4.90. The van der Waals surface area contributed by atoms with Crippen molar-refractivity contribution in [3.05, 3.63) is 86.8 Å². The molecule has 0 saturated heterocycles. The van der Waals surface area contributed by atoms with Gasteiger partial charge in [-0.3, -0.25) is 9.52 Å². The van der Waals surface area contributed by atoms with Crippen LogP contribution in [-0.2, 0) is 10.0 Å². The highest BCUT2D eigenvalue weighted by Gasteiger charge is 2.35. The SMILES string of the molecule is CS(=O)(=O)Nc1ccccc1C1=NN(C(=O)c2cccs2)[C@H](c2ccc(F)c(Cl)c2)C1. The van der Waals surface area contributed by atoms with Crippen LogP contribution < -0.4 is 4.72 Å². The van der Waals surface area contributed by atoms with Crippen LogP contribution in [0.4, 0.5) is 10.1 Å². The van der Waals surface area contributed by atoms with Crippen molar-refractivity contribution in [1.82, 2.24) is 5.01 Å². The van der Waals surface area contributed by atoms with Gasteiger partial charge in [0, 0.05) is 12.0 Å². The Labute approximate surface area is 188 Å². The highest BCUT2D eigenvalue weighted by molar-refractivity contribution is 7.92. The number of rotatable bonds is 5. The van der Waals surface area contributed by atoms with Gasteiger partial charge in [-0.2, -0.15) is 5.10 Å². The molecule has 2 aromatic carbocycles. The fourth-order valence-corrected chi connectivity index (χ4v) is 4.80. The van der Waals surface area contributed by atoms with Gasteiger partial charge in [-0.1, -0.05) is 41.9 Å². The molecule has 1 aromatic heterocycles. The average Bonchev–Trinajstić information content (AvgIpc) is 3.39. The number of carbonyl (C=O) groups excluding carboxylic acids is 1. The van der Waals surface area contributed by atoms with E-state index in [1.807, 2.05) is 0 Å². The number of carbonyl (C=O) groups is 1. The molecule has 0 saturated carbocycles. The second-order valence-corrected chi connectivity index (χ2v) is 10.1. The maximum atomic E-state index is 13.7. The van der Waals surface area contributed by atoms with Crippen molar-refractivity contribution in [3.8, 4) is 0 Å². The van der Waals surface area contributed by atoms with Crippen LogP contribution in [0, 0.1) is 5.82 Å². The number of thiophene rings is 1. The summed E-state index contributed by atoms with van der Waals surface area (Å²) in [5.74, 6) is -0.854. The summed E-state index contributed by atoms with van der Waals surface area (Å²) in [4.78, 5) is 13.7. The fraction of sp³-hybridized carbons (Fsp3) is 0.143. The number of benzene rings is 2. The first-order valence-electron chi connectivity index (χ1n) is 9.19. The van der Waals surface area contributed by atoms with Crippen molar-refractivity contribution < 1.29 is 17.6 Å². The van der Waals surface area contributed by atoms with Crippen LogP contribution in [0.1, 0.15) is 33.3 Å². The molecule has 0 unspecified atom stereocenters. The standard InChI is InChI=1S/C21H17ClFN3O3S2/c1-31(28,29)25-17-6-3-2-5-14(17)18-12-19(13-8-9-16(23)15(22)11-13)26(24-18)21(27)20-7-4-10-30-20/h2-11,19,25H,12H2,1H3/t19-/m0/s1. The molecule has 0 bridgehead atoms. The van der Waals surface area contributed by atoms with Crippen LogP contribution in [0.3, 0.4) is 0 Å². The molecule has 0 spiro atoms. The molecule has 3 aromatic rings. The van der Waals surface area contributed by atoms with Gasteiger partial charge in [0.05, 0.1) is 33.6 Å². The lowest BCUT2D eigenvalue weighted by atomic mass is 9.97. The average molecular weight is 478 g/mol. The molecule has 1 aliphatic heterocycles. The number of nitrogens with one attached hydrogen (secondary N) is 1. The van der Waals surface area contributed by atoms with E-state index in [-0.39, 0.29) is 10.9 Å². The normalized spacial score (nSPS) is 16.3. The minimum atomic E-state index is -3.51. The topological polar surface area (TPSA) is 78.8 Å². The lowest BCUT2D eigenvalue weighted by Gasteiger charge is -2.21. The van der Waals surface area contributed by atoms with Crippen molar-refractivity contribution in [2.45, 2.75) is 12.5 Å². The van der Waals surface area contributed by atoms with E-state index in [4.69, 9.17) is 11.6 Å². The van der Waals surface area contributed by atoms with E-state index in [2.05, 4.69) is 9.82 Å². The van der Waals surface area contributed by atoms with Crippen molar-refractivity contribution in [1.29, 1.82) is 0 Å². The van der Waals surface area contributed by atoms with Crippen LogP contribution in [0.25, 0.3) is 0 Å². The Balaban J connectivity index is 1.78. The summed E-state index contributed by atoms with van der Waals surface area (Å²) >= 11 is 7.27. The van der Waals surface area contributed by atoms with Crippen LogP contribution in [0.15, 0.2) is 65.1 Å². The molecule has 2 heterocycles. The quantitative estimate of drug-likeness (QED) is 0.567. The van der Waals surface area contributed by atoms with E-state index in [1.54, 1.807) is 47.8 Å². The number of halogens is 2. The third-order valence-electron chi connectivity index (χ3n) is 4.71. The molecule has 160 valence electrons. The monoisotopic (exact) mass is 477 g/mol. The molecular formula is C21H17ClFN3O3S2. The first kappa shape index (κ1) is 21.5. The molecule has 1 atom stereocenters. The van der Waals surface area contributed by atoms with E-state index >= 15 is 0 Å². The molecule has 0 aliphatic carbocycles. The second kappa shape index (κ2) is 8.41. The minimum absolute atomic E-state index is 0.0476. The highest BCUT2D eigenvalue weighted by atomic mass is 35.5. The molecule has 10 heteroatoms. The number of hydrogen-bond acceptors (Lipinski definition) is 5. The summed E-state index contributed by atoms with van der Waals surface area (Å²) in [6, 6.07) is 14.1. The Morgan fingerprint density at radius 2 is 2.00 bits per heavy atom. The van der Waals surface area contributed by atoms with Gasteiger partial charge in [-0.15, -0.1) is 11.3 Å². The first-order chi connectivity index (χ1) is 14.7. The Hall–Kier alpha value is -2.75. The van der Waals surface area contributed by atoms with Crippen LogP contribution in [0.5, 0.6) is 0 Å². The third kappa shape index (κ3) is 4.63. The first-order valence-corrected chi connectivity index (χ1v) is 12.3. The van der Waals surface area contributed by atoms with Crippen molar-refractivity contribution in [2.24, 2.45) is 5.10 Å². The molecule has 1 N–H and O–H groups in total. The summed E-state index contributed by atoms with van der Waals surface area (Å²) in [6.07, 6.45) is 1.37. The van der Waals surface area contributed by atoms with E-state index in [9.17, 15) is 17.6 Å². The van der Waals surface area contributed by atoms with Crippen LogP contribution >= 0.6 is 22.9 Å². The maximum absolute atomic E-state index is 13.7. The highest BCUT2D eigenvalue weighted by Crippen LogP contribution is 2.37. The number of anilines is 1. The van der Waals surface area contributed by atoms with Gasteiger partial charge in [0.2, 0.25) is 10.0 Å². The van der Waals surface area contributed by atoms with E-state index in [0.29, 0.717) is 33.8 Å². The number of hydrazone groups is 1. The summed E-state index contributed by atoms with van der Waals surface area (Å²) in [6.45, 7) is 0. The van der Waals surface area contributed by atoms with E-state index < -0.39 is 21.9 Å². The van der Waals surface area contributed by atoms with Gasteiger partial charge in [0.15, 0.2) is 0 Å². The molecule has 31 heavy (non-hydrogen) atoms. The van der Waals surface area contributed by atoms with Crippen molar-refractivity contribution >= 4 is 50.3 Å². The molecule has 1 amide bonds. The zero-order valence-corrected chi connectivity index (χ0v) is 18.6. The smallest absolute Gasteiger partial charge is 0.283 e. The van der Waals surface area contributed by atoms with Gasteiger partial charge < -0.3 is 0 Å². The maximum Gasteiger partial charge on any atom is 0.284 e. The number of amides is 1. The summed E-state index contributed by atoms with van der Waals surface area (Å²) in [7, 11) is -3.51. The Morgan fingerprint density at radius 1 is 1.23 bits per heavy atom. The van der Waals surface area contributed by atoms with E-state index in [1.165, 1.54) is 28.5 Å². The van der Waals surface area contributed by atoms with E-state index in [0.717, 1.165) is 6.26 Å². The molecule has 6 nitrogen and oxygen atoms in total. The van der Waals surface area contributed by atoms with Gasteiger partial charge >= 0.3 is 0 Å². The van der Waals surface area contributed by atoms with Gasteiger partial charge in [0.25, 0.3) is 5.91 Å². The third-order valence-corrected chi connectivity index (χ3v) is 6.45. The van der Waals surface area contributed by atoms with Gasteiger partial charge in [0.1, 0.15) is 5.82 Å². The largest absolute Gasteiger partial charge is 0.284 e. The molecule has 1 aliphatic rings. The fourth-order valence-electron chi connectivity index (χ4n) is 3.38. The number of para-hydroxylation sites is 1. The molecular weight excluding hydrogens is 461 g/mol. The zero-order chi connectivity index (χ0) is 22.2. The summed E-state index contributed by atoms with van der Waals surface area (Å²) in [5.41, 5.74) is 2.09. The minimum Gasteiger partial charge on any atom is -0.283 e. The molecule has 0 fully saturated rings. The lowest BCUT2D eigenvalue weighted by Crippen LogP contribution is -2.26. The van der Waals surface area contributed by atoms with Crippen LogP contribution in [-0.4, -0.2) is 31.3 Å². The Morgan fingerprint density at radius 3 is 2.68 bits per heavy atom. The van der Waals surface area contributed by atoms with Gasteiger partial charge in [-0.05, 0) is 35.2 Å². The number of hydrogen-bond donors (Lipinski definition) is 1. The second-order valence-electron chi connectivity index (χ2n) is 6.99. The summed E-state index contributed by atoms with van der Waals surface area (Å²) < 4.78 is 39.8. The molecule has 0 radical (unpaired) electrons. The van der Waals surface area contributed by atoms with Crippen molar-refractivity contribution in [2.75, 3.05) is 11.0 Å². The van der Waals surface area contributed by atoms with Gasteiger partial charge in [-0.25, -0.2) is 17.8 Å². The number of sulfonamides is 1. The predicted molar refractivity (Wildman–Crippen MR) is 121 cm³/mol. The zero-order valence-electron chi connectivity index (χ0n) is 16.2. The Kier molecular flexibility index (Phi) is 5.83. The Bertz CT molecular complexity index is 1280. The van der Waals surface area contributed by atoms with Crippen LogP contribution in [0.2, 0.25) is 5.02 Å².